The number of nitrogens with zero attached hydrogens (tertiary/aromatic N) is 1. The number of likely N-dealkylation sites (tertiary alicyclic amines) is 1. The number of amides is 3. The Morgan fingerprint density at radius 3 is 2.47 bits per heavy atom. The molecular weight excluding hydrogens is 194 g/mol. The first-order valence-electron chi connectivity index (χ1n) is 5.54. The highest BCUT2D eigenvalue weighted by Crippen LogP contribution is 2.22. The van der Waals surface area contributed by atoms with Crippen LogP contribution < -0.4 is 10.6 Å². The molecule has 2 aliphatic heterocycles. The third-order valence-corrected chi connectivity index (χ3v) is 3.36. The average Bonchev–Trinajstić information content (AvgIpc) is 2.58. The number of hydrogen-bond acceptors (Lipinski definition) is 3. The van der Waals surface area contributed by atoms with Crippen LogP contribution >= 0.6 is 0 Å². The maximum atomic E-state index is 11.4. The van der Waals surface area contributed by atoms with Crippen molar-refractivity contribution in [2.75, 3.05) is 19.6 Å². The van der Waals surface area contributed by atoms with Gasteiger partial charge in [0.25, 0.3) is 5.91 Å². The van der Waals surface area contributed by atoms with Crippen molar-refractivity contribution in [2.24, 2.45) is 5.92 Å². The van der Waals surface area contributed by atoms with E-state index in [0.717, 1.165) is 32.5 Å². The lowest BCUT2D eigenvalue weighted by Gasteiger charge is -2.32. The summed E-state index contributed by atoms with van der Waals surface area (Å²) in [4.78, 5) is 24.8. The Hall–Kier alpha value is -1.10. The first-order valence-corrected chi connectivity index (χ1v) is 5.54. The minimum atomic E-state index is -0.345. The van der Waals surface area contributed by atoms with Crippen molar-refractivity contribution in [2.45, 2.75) is 25.8 Å². The van der Waals surface area contributed by atoms with E-state index < -0.39 is 0 Å². The zero-order valence-corrected chi connectivity index (χ0v) is 8.95. The van der Waals surface area contributed by atoms with Crippen LogP contribution in [0.2, 0.25) is 0 Å². The van der Waals surface area contributed by atoms with Gasteiger partial charge in [-0.1, -0.05) is 6.92 Å². The van der Waals surface area contributed by atoms with Crippen molar-refractivity contribution >= 4 is 11.9 Å². The normalized spacial score (nSPS) is 29.0. The van der Waals surface area contributed by atoms with Gasteiger partial charge in [-0.2, -0.15) is 0 Å². The molecule has 0 aromatic carbocycles. The van der Waals surface area contributed by atoms with Crippen LogP contribution in [0.4, 0.5) is 4.79 Å². The van der Waals surface area contributed by atoms with Gasteiger partial charge in [-0.15, -0.1) is 0 Å². The molecule has 0 aliphatic carbocycles. The van der Waals surface area contributed by atoms with Crippen molar-refractivity contribution in [3.8, 4) is 0 Å². The number of piperidine rings is 1. The fourth-order valence-electron chi connectivity index (χ4n) is 2.37. The van der Waals surface area contributed by atoms with E-state index in [0.29, 0.717) is 5.92 Å². The van der Waals surface area contributed by atoms with E-state index in [9.17, 15) is 9.59 Å². The summed E-state index contributed by atoms with van der Waals surface area (Å²) in [7, 11) is 0. The first kappa shape index (κ1) is 10.4. The van der Waals surface area contributed by atoms with E-state index in [4.69, 9.17) is 0 Å². The van der Waals surface area contributed by atoms with Crippen molar-refractivity contribution in [1.29, 1.82) is 0 Å². The molecule has 0 aromatic heterocycles. The highest BCUT2D eigenvalue weighted by atomic mass is 16.2. The van der Waals surface area contributed by atoms with Gasteiger partial charge in [-0.05, 0) is 38.4 Å². The third kappa shape index (κ3) is 2.12. The van der Waals surface area contributed by atoms with Gasteiger partial charge in [-0.3, -0.25) is 10.1 Å². The van der Waals surface area contributed by atoms with E-state index in [2.05, 4.69) is 22.5 Å². The summed E-state index contributed by atoms with van der Waals surface area (Å²) in [5.74, 6) is 0.147. The lowest BCUT2D eigenvalue weighted by Crippen LogP contribution is -2.44. The second kappa shape index (κ2) is 4.18. The summed E-state index contributed by atoms with van der Waals surface area (Å²) < 4.78 is 0. The number of urea groups is 1. The Morgan fingerprint density at radius 2 is 2.00 bits per heavy atom. The van der Waals surface area contributed by atoms with Gasteiger partial charge in [0.1, 0.15) is 6.04 Å². The van der Waals surface area contributed by atoms with E-state index in [1.54, 1.807) is 0 Å². The molecular formula is C10H17N3O2. The van der Waals surface area contributed by atoms with Crippen LogP contribution in [0.1, 0.15) is 19.8 Å². The molecule has 3 amide bonds. The zero-order chi connectivity index (χ0) is 10.8. The molecule has 84 valence electrons. The van der Waals surface area contributed by atoms with Gasteiger partial charge in [0, 0.05) is 0 Å². The summed E-state index contributed by atoms with van der Waals surface area (Å²) in [5.41, 5.74) is 0. The van der Waals surface area contributed by atoms with E-state index in [1.807, 2.05) is 0 Å². The van der Waals surface area contributed by atoms with Crippen LogP contribution in [0.5, 0.6) is 0 Å². The molecule has 2 aliphatic rings. The van der Waals surface area contributed by atoms with Crippen LogP contribution in [0.25, 0.3) is 0 Å². The summed E-state index contributed by atoms with van der Waals surface area (Å²) in [6, 6.07) is -0.639. The summed E-state index contributed by atoms with van der Waals surface area (Å²) in [6.07, 6.45) is 1.98. The van der Waals surface area contributed by atoms with E-state index in [-0.39, 0.29) is 18.0 Å². The van der Waals surface area contributed by atoms with Crippen molar-refractivity contribution in [3.63, 3.8) is 0 Å². The number of carbonyl (C=O) groups excluding carboxylic acids is 2. The van der Waals surface area contributed by atoms with Gasteiger partial charge < -0.3 is 10.2 Å². The summed E-state index contributed by atoms with van der Waals surface area (Å²) >= 11 is 0. The molecule has 2 saturated heterocycles. The zero-order valence-electron chi connectivity index (χ0n) is 8.95. The molecule has 5 nitrogen and oxygen atoms in total. The van der Waals surface area contributed by atoms with Crippen LogP contribution in [0.15, 0.2) is 0 Å². The Labute approximate surface area is 89.2 Å². The molecule has 2 heterocycles. The number of imide groups is 1. The van der Waals surface area contributed by atoms with Crippen LogP contribution in [0, 0.1) is 5.92 Å². The van der Waals surface area contributed by atoms with Crippen molar-refractivity contribution in [1.82, 2.24) is 15.5 Å². The van der Waals surface area contributed by atoms with Gasteiger partial charge in [-0.25, -0.2) is 4.79 Å². The Bertz CT molecular complexity index is 272. The first-order chi connectivity index (χ1) is 7.20. The number of hydrogen-bond donors (Lipinski definition) is 2. The molecule has 5 heteroatoms. The molecule has 2 rings (SSSR count). The lowest BCUT2D eigenvalue weighted by atomic mass is 9.89. The highest BCUT2D eigenvalue weighted by Gasteiger charge is 2.37. The molecule has 0 radical (unpaired) electrons. The topological polar surface area (TPSA) is 61.4 Å². The smallest absolute Gasteiger partial charge is 0.322 e. The summed E-state index contributed by atoms with van der Waals surface area (Å²) in [5, 5.41) is 4.97. The second-order valence-electron chi connectivity index (χ2n) is 4.21. The van der Waals surface area contributed by atoms with Crippen molar-refractivity contribution in [3.05, 3.63) is 0 Å². The van der Waals surface area contributed by atoms with Gasteiger partial charge in [0.2, 0.25) is 0 Å². The average molecular weight is 211 g/mol. The molecule has 0 saturated carbocycles. The lowest BCUT2D eigenvalue weighted by molar-refractivity contribution is -0.121. The molecule has 2 N–H and O–H groups in total. The standard InChI is InChI=1S/C10H17N3O2/c1-2-13-5-3-7(4-6-13)8-9(14)12-10(15)11-8/h7-8H,2-6H2,1H3,(H2,11,12,14,15). The monoisotopic (exact) mass is 211 g/mol. The highest BCUT2D eigenvalue weighted by molar-refractivity contribution is 6.04. The predicted octanol–water partition coefficient (Wildman–Crippen LogP) is -0.0737. The maximum absolute atomic E-state index is 11.4. The molecule has 0 bridgehead atoms. The van der Waals surface area contributed by atoms with Gasteiger partial charge in [0.15, 0.2) is 0 Å². The van der Waals surface area contributed by atoms with Crippen LogP contribution in [-0.4, -0.2) is 42.5 Å². The van der Waals surface area contributed by atoms with Crippen LogP contribution in [0.3, 0.4) is 0 Å². The Balaban J connectivity index is 1.90. The van der Waals surface area contributed by atoms with Crippen LogP contribution in [-0.2, 0) is 4.79 Å². The third-order valence-electron chi connectivity index (χ3n) is 3.36. The fourth-order valence-corrected chi connectivity index (χ4v) is 2.37. The molecule has 1 atom stereocenters. The molecule has 0 aromatic rings. The number of rotatable bonds is 2. The second-order valence-corrected chi connectivity index (χ2v) is 4.21. The van der Waals surface area contributed by atoms with Gasteiger partial charge >= 0.3 is 6.03 Å². The Kier molecular flexibility index (Phi) is 2.90. The van der Waals surface area contributed by atoms with Gasteiger partial charge in [0.05, 0.1) is 0 Å². The van der Waals surface area contributed by atoms with E-state index in [1.165, 1.54) is 0 Å². The fraction of sp³-hybridized carbons (Fsp3) is 0.800. The number of carbonyl (C=O) groups is 2. The molecule has 2 fully saturated rings. The quantitative estimate of drug-likeness (QED) is 0.628. The molecule has 0 spiro atoms. The minimum absolute atomic E-state index is 0.157. The summed E-state index contributed by atoms with van der Waals surface area (Å²) in [6.45, 7) is 5.27. The largest absolute Gasteiger partial charge is 0.326 e. The molecule has 1 unspecified atom stereocenters. The predicted molar refractivity (Wildman–Crippen MR) is 55.3 cm³/mol. The van der Waals surface area contributed by atoms with E-state index >= 15 is 0 Å². The molecule has 15 heavy (non-hydrogen) atoms. The SMILES string of the molecule is CCN1CCC(C2NC(=O)NC2=O)CC1. The van der Waals surface area contributed by atoms with Crippen molar-refractivity contribution < 1.29 is 9.59 Å². The number of nitrogens with one attached hydrogen (secondary N) is 2. The maximum Gasteiger partial charge on any atom is 0.322 e. The minimum Gasteiger partial charge on any atom is -0.326 e. The Morgan fingerprint density at radius 1 is 1.33 bits per heavy atom.